The van der Waals surface area contributed by atoms with Gasteiger partial charge in [0.1, 0.15) is 11.5 Å². The lowest BCUT2D eigenvalue weighted by atomic mass is 9.96. The van der Waals surface area contributed by atoms with Crippen LogP contribution in [-0.4, -0.2) is 36.5 Å². The van der Waals surface area contributed by atoms with Gasteiger partial charge in [-0.2, -0.15) is 0 Å². The smallest absolute Gasteiger partial charge is 0.122 e. The van der Waals surface area contributed by atoms with Crippen molar-refractivity contribution >= 4 is 0 Å². The van der Waals surface area contributed by atoms with E-state index in [1.54, 1.807) is 0 Å². The van der Waals surface area contributed by atoms with E-state index in [1.807, 2.05) is 38.1 Å². The predicted molar refractivity (Wildman–Crippen MR) is 86.1 cm³/mol. The van der Waals surface area contributed by atoms with E-state index < -0.39 is 0 Å². The number of nitrogens with one attached hydrogen (secondary N) is 1. The number of rotatable bonds is 10. The molecule has 0 fully saturated rings. The summed E-state index contributed by atoms with van der Waals surface area (Å²) in [6, 6.07) is 8.04. The second-order valence-electron chi connectivity index (χ2n) is 5.88. The van der Waals surface area contributed by atoms with Crippen molar-refractivity contribution in [2.75, 3.05) is 19.8 Å². The summed E-state index contributed by atoms with van der Waals surface area (Å²) in [6.07, 6.45) is 1.75. The van der Waals surface area contributed by atoms with E-state index >= 15 is 0 Å². The van der Waals surface area contributed by atoms with Crippen molar-refractivity contribution in [1.82, 2.24) is 5.32 Å². The maximum Gasteiger partial charge on any atom is 0.122 e. The van der Waals surface area contributed by atoms with Crippen molar-refractivity contribution in [2.45, 2.75) is 52.1 Å². The summed E-state index contributed by atoms with van der Waals surface area (Å²) in [6.45, 7) is 9.59. The first kappa shape index (κ1) is 17.8. The highest BCUT2D eigenvalue weighted by molar-refractivity contribution is 5.32. The van der Waals surface area contributed by atoms with Gasteiger partial charge in [-0.3, -0.25) is 0 Å². The molecular weight excluding hydrogens is 266 g/mol. The zero-order valence-electron chi connectivity index (χ0n) is 13.7. The third-order valence-electron chi connectivity index (χ3n) is 3.24. The van der Waals surface area contributed by atoms with E-state index in [0.29, 0.717) is 19.3 Å². The molecule has 1 aromatic rings. The van der Waals surface area contributed by atoms with E-state index in [1.165, 1.54) is 0 Å². The van der Waals surface area contributed by atoms with Gasteiger partial charge >= 0.3 is 0 Å². The molecule has 0 aliphatic heterocycles. The SMILES string of the molecule is CCOc1cccc(OCCCC(C)(CO)NC(C)C)c1. The van der Waals surface area contributed by atoms with Gasteiger partial charge in [0.25, 0.3) is 0 Å². The molecule has 21 heavy (non-hydrogen) atoms. The Labute approximate surface area is 128 Å². The van der Waals surface area contributed by atoms with E-state index in [4.69, 9.17) is 9.47 Å². The molecule has 1 aromatic carbocycles. The number of hydrogen-bond donors (Lipinski definition) is 2. The van der Waals surface area contributed by atoms with Gasteiger partial charge in [0, 0.05) is 17.6 Å². The maximum atomic E-state index is 9.53. The van der Waals surface area contributed by atoms with Gasteiger partial charge in [0.2, 0.25) is 0 Å². The van der Waals surface area contributed by atoms with Crippen molar-refractivity contribution in [3.05, 3.63) is 24.3 Å². The van der Waals surface area contributed by atoms with Crippen LogP contribution in [0.4, 0.5) is 0 Å². The topological polar surface area (TPSA) is 50.7 Å². The van der Waals surface area contributed by atoms with Gasteiger partial charge in [-0.05, 0) is 38.8 Å². The molecule has 0 bridgehead atoms. The molecule has 0 aliphatic rings. The van der Waals surface area contributed by atoms with Gasteiger partial charge < -0.3 is 19.9 Å². The standard InChI is InChI=1S/C17H29NO3/c1-5-20-15-8-6-9-16(12-15)21-11-7-10-17(4,13-19)18-14(2)3/h6,8-9,12,14,18-19H,5,7,10-11,13H2,1-4H3. The van der Waals surface area contributed by atoms with Crippen LogP contribution in [0.5, 0.6) is 11.5 Å². The number of ether oxygens (including phenoxy) is 2. The number of aliphatic hydroxyl groups is 1. The molecule has 1 unspecified atom stereocenters. The third-order valence-corrected chi connectivity index (χ3v) is 3.24. The number of benzene rings is 1. The first-order chi connectivity index (χ1) is 9.99. The minimum absolute atomic E-state index is 0.130. The Hall–Kier alpha value is -1.26. The van der Waals surface area contributed by atoms with E-state index in [0.717, 1.165) is 24.3 Å². The quantitative estimate of drug-likeness (QED) is 0.652. The molecule has 0 saturated carbocycles. The van der Waals surface area contributed by atoms with Crippen molar-refractivity contribution in [3.8, 4) is 11.5 Å². The van der Waals surface area contributed by atoms with Gasteiger partial charge in [-0.15, -0.1) is 0 Å². The van der Waals surface area contributed by atoms with Crippen molar-refractivity contribution in [1.29, 1.82) is 0 Å². The van der Waals surface area contributed by atoms with Crippen LogP contribution in [0.2, 0.25) is 0 Å². The number of aliphatic hydroxyl groups excluding tert-OH is 1. The Morgan fingerprint density at radius 1 is 1.24 bits per heavy atom. The monoisotopic (exact) mass is 295 g/mol. The fourth-order valence-electron chi connectivity index (χ4n) is 2.37. The van der Waals surface area contributed by atoms with Crippen molar-refractivity contribution < 1.29 is 14.6 Å². The summed E-state index contributed by atoms with van der Waals surface area (Å²) in [7, 11) is 0. The summed E-state index contributed by atoms with van der Waals surface area (Å²) in [5.41, 5.74) is -0.245. The van der Waals surface area contributed by atoms with E-state index in [2.05, 4.69) is 19.2 Å². The molecule has 0 heterocycles. The normalized spacial score (nSPS) is 14.0. The molecule has 0 spiro atoms. The Balaban J connectivity index is 2.37. The lowest BCUT2D eigenvalue weighted by Gasteiger charge is -2.31. The molecule has 0 saturated heterocycles. The minimum atomic E-state index is -0.245. The second kappa shape index (κ2) is 8.90. The summed E-state index contributed by atoms with van der Waals surface area (Å²) >= 11 is 0. The summed E-state index contributed by atoms with van der Waals surface area (Å²) in [5.74, 6) is 1.65. The first-order valence-corrected chi connectivity index (χ1v) is 7.73. The summed E-state index contributed by atoms with van der Waals surface area (Å²) in [4.78, 5) is 0. The highest BCUT2D eigenvalue weighted by atomic mass is 16.5. The molecule has 0 amide bonds. The van der Waals surface area contributed by atoms with Gasteiger partial charge in [0.05, 0.1) is 19.8 Å². The maximum absolute atomic E-state index is 9.53. The zero-order valence-corrected chi connectivity index (χ0v) is 13.7. The molecule has 120 valence electrons. The van der Waals surface area contributed by atoms with E-state index in [9.17, 15) is 5.11 Å². The molecule has 4 nitrogen and oxygen atoms in total. The zero-order chi connectivity index (χ0) is 15.7. The van der Waals surface area contributed by atoms with Crippen LogP contribution in [0.3, 0.4) is 0 Å². The van der Waals surface area contributed by atoms with E-state index in [-0.39, 0.29) is 12.1 Å². The second-order valence-corrected chi connectivity index (χ2v) is 5.88. The Morgan fingerprint density at radius 2 is 1.90 bits per heavy atom. The van der Waals surface area contributed by atoms with Crippen LogP contribution in [-0.2, 0) is 0 Å². The highest BCUT2D eigenvalue weighted by Crippen LogP contribution is 2.20. The van der Waals surface area contributed by atoms with Crippen LogP contribution < -0.4 is 14.8 Å². The average Bonchev–Trinajstić information content (AvgIpc) is 2.44. The fourth-order valence-corrected chi connectivity index (χ4v) is 2.37. The molecule has 0 aromatic heterocycles. The molecule has 2 N–H and O–H groups in total. The fraction of sp³-hybridized carbons (Fsp3) is 0.647. The molecule has 0 aliphatic carbocycles. The first-order valence-electron chi connectivity index (χ1n) is 7.73. The summed E-state index contributed by atoms with van der Waals surface area (Å²) < 4.78 is 11.2. The van der Waals surface area contributed by atoms with Gasteiger partial charge in [-0.25, -0.2) is 0 Å². The molecule has 4 heteroatoms. The highest BCUT2D eigenvalue weighted by Gasteiger charge is 2.23. The molecule has 0 radical (unpaired) electrons. The summed E-state index contributed by atoms with van der Waals surface area (Å²) in [5, 5.41) is 12.9. The lowest BCUT2D eigenvalue weighted by Crippen LogP contribution is -2.49. The van der Waals surface area contributed by atoms with Crippen LogP contribution in [0.15, 0.2) is 24.3 Å². The Kier molecular flexibility index (Phi) is 7.54. The largest absolute Gasteiger partial charge is 0.494 e. The molecular formula is C17H29NO3. The van der Waals surface area contributed by atoms with Gasteiger partial charge in [0.15, 0.2) is 0 Å². The van der Waals surface area contributed by atoms with Crippen molar-refractivity contribution in [3.63, 3.8) is 0 Å². The number of hydrogen-bond acceptors (Lipinski definition) is 4. The molecule has 1 atom stereocenters. The lowest BCUT2D eigenvalue weighted by molar-refractivity contribution is 0.147. The van der Waals surface area contributed by atoms with Gasteiger partial charge in [-0.1, -0.05) is 19.9 Å². The Bertz CT molecular complexity index is 409. The van der Waals surface area contributed by atoms with Crippen LogP contribution in [0.25, 0.3) is 0 Å². The van der Waals surface area contributed by atoms with Crippen LogP contribution in [0, 0.1) is 0 Å². The molecule has 1 rings (SSSR count). The Morgan fingerprint density at radius 3 is 2.48 bits per heavy atom. The minimum Gasteiger partial charge on any atom is -0.494 e. The van der Waals surface area contributed by atoms with Crippen LogP contribution >= 0.6 is 0 Å². The predicted octanol–water partition coefficient (Wildman–Crippen LogP) is 2.99. The van der Waals surface area contributed by atoms with Crippen LogP contribution in [0.1, 0.15) is 40.5 Å². The third kappa shape index (κ3) is 6.82. The average molecular weight is 295 g/mol. The van der Waals surface area contributed by atoms with Crippen molar-refractivity contribution in [2.24, 2.45) is 0 Å².